The first-order chi connectivity index (χ1) is 16.5. The van der Waals surface area contributed by atoms with Gasteiger partial charge in [-0.3, -0.25) is 9.59 Å². The smallest absolute Gasteiger partial charge is 0.302 e. The molecule has 0 amide bonds. The Hall–Kier alpha value is -3.84. The van der Waals surface area contributed by atoms with Gasteiger partial charge in [0.15, 0.2) is 16.9 Å². The van der Waals surface area contributed by atoms with Gasteiger partial charge in [0.1, 0.15) is 59.3 Å². The SMILES string of the molecule is CC(=O)OC[C@@H]1O[C@H](Oc2cc(O)c3c(=O)cc(-c4ccc(O)c(O)c4)oc3c2)[C@@H](O)[C@@H](O)[C@@H]1O. The molecule has 0 unspecified atom stereocenters. The van der Waals surface area contributed by atoms with Crippen LogP contribution in [0.3, 0.4) is 0 Å². The molecular formula is C23H22O12. The zero-order chi connectivity index (χ0) is 25.4. The average molecular weight is 490 g/mol. The van der Waals surface area contributed by atoms with Crippen LogP contribution in [0.4, 0.5) is 0 Å². The number of phenolic OH excluding ortho intramolecular Hbond substituents is 3. The molecule has 2 aromatic carbocycles. The Morgan fingerprint density at radius 2 is 1.69 bits per heavy atom. The third-order valence-electron chi connectivity index (χ3n) is 5.41. The van der Waals surface area contributed by atoms with Gasteiger partial charge in [0, 0.05) is 30.7 Å². The first kappa shape index (κ1) is 24.3. The molecule has 6 N–H and O–H groups in total. The standard InChI is InChI=1S/C23H22O12/c1-9(24)32-8-18-20(29)21(30)22(31)23(35-18)33-11-5-14(27)19-15(28)7-16(34-17(19)6-11)10-2-3-12(25)13(26)4-10/h2-7,18,20-23,25-27,29-31H,8H2,1H3/t18-,20+,21-,22-,23-/m0/s1. The van der Waals surface area contributed by atoms with Crippen molar-refractivity contribution in [1.82, 2.24) is 0 Å². The van der Waals surface area contributed by atoms with E-state index in [1.165, 1.54) is 24.3 Å². The molecule has 12 heteroatoms. The summed E-state index contributed by atoms with van der Waals surface area (Å²) in [5, 5.41) is 60.0. The van der Waals surface area contributed by atoms with E-state index in [4.69, 9.17) is 18.6 Å². The van der Waals surface area contributed by atoms with E-state index in [0.717, 1.165) is 19.1 Å². The zero-order valence-corrected chi connectivity index (χ0v) is 18.2. The lowest BCUT2D eigenvalue weighted by atomic mass is 9.99. The number of fused-ring (bicyclic) bond motifs is 1. The lowest BCUT2D eigenvalue weighted by Gasteiger charge is -2.39. The fourth-order valence-corrected chi connectivity index (χ4v) is 3.62. The number of carbonyl (C=O) groups is 1. The summed E-state index contributed by atoms with van der Waals surface area (Å²) in [6.07, 6.45) is -7.75. The summed E-state index contributed by atoms with van der Waals surface area (Å²) >= 11 is 0. The number of aliphatic hydroxyl groups is 3. The second kappa shape index (κ2) is 9.43. The quantitative estimate of drug-likeness (QED) is 0.212. The van der Waals surface area contributed by atoms with Crippen LogP contribution >= 0.6 is 0 Å². The number of ether oxygens (including phenoxy) is 3. The topological polar surface area (TPSA) is 196 Å². The van der Waals surface area contributed by atoms with E-state index in [1.54, 1.807) is 0 Å². The molecule has 0 bridgehead atoms. The molecule has 0 radical (unpaired) electrons. The van der Waals surface area contributed by atoms with Gasteiger partial charge >= 0.3 is 5.97 Å². The Balaban J connectivity index is 1.66. The Labute approximate surface area is 196 Å². The van der Waals surface area contributed by atoms with Crippen LogP contribution in [0.1, 0.15) is 6.92 Å². The highest BCUT2D eigenvalue weighted by Gasteiger charge is 2.45. The molecule has 0 saturated carbocycles. The van der Waals surface area contributed by atoms with Gasteiger partial charge in [-0.15, -0.1) is 0 Å². The van der Waals surface area contributed by atoms with Crippen LogP contribution in [0.15, 0.2) is 45.6 Å². The molecule has 35 heavy (non-hydrogen) atoms. The van der Waals surface area contributed by atoms with Gasteiger partial charge in [0.05, 0.1) is 0 Å². The molecule has 1 aliphatic heterocycles. The maximum absolute atomic E-state index is 12.6. The number of aromatic hydroxyl groups is 3. The number of aliphatic hydroxyl groups excluding tert-OH is 3. The van der Waals surface area contributed by atoms with Crippen LogP contribution in [0.25, 0.3) is 22.3 Å². The van der Waals surface area contributed by atoms with Gasteiger partial charge in [-0.25, -0.2) is 0 Å². The number of carbonyl (C=O) groups excluding carboxylic acids is 1. The maximum Gasteiger partial charge on any atom is 0.302 e. The summed E-state index contributed by atoms with van der Waals surface area (Å²) < 4.78 is 21.5. The molecule has 2 heterocycles. The van der Waals surface area contributed by atoms with E-state index in [9.17, 15) is 40.2 Å². The van der Waals surface area contributed by atoms with Crippen molar-refractivity contribution in [2.45, 2.75) is 37.6 Å². The third kappa shape index (κ3) is 4.86. The lowest BCUT2D eigenvalue weighted by molar-refractivity contribution is -0.278. The first-order valence-electron chi connectivity index (χ1n) is 10.4. The second-order valence-corrected chi connectivity index (χ2v) is 7.93. The Kier molecular flexibility index (Phi) is 6.54. The molecule has 12 nitrogen and oxygen atoms in total. The summed E-state index contributed by atoms with van der Waals surface area (Å²) in [4.78, 5) is 23.7. The number of hydrogen-bond acceptors (Lipinski definition) is 12. The minimum Gasteiger partial charge on any atom is -0.507 e. The van der Waals surface area contributed by atoms with Crippen molar-refractivity contribution in [3.8, 4) is 34.3 Å². The van der Waals surface area contributed by atoms with Gasteiger partial charge in [0.2, 0.25) is 6.29 Å². The van der Waals surface area contributed by atoms with Gasteiger partial charge in [-0.05, 0) is 18.2 Å². The number of rotatable bonds is 5. The molecule has 1 aromatic heterocycles. The third-order valence-corrected chi connectivity index (χ3v) is 5.41. The van der Waals surface area contributed by atoms with Crippen molar-refractivity contribution in [1.29, 1.82) is 0 Å². The maximum atomic E-state index is 12.6. The van der Waals surface area contributed by atoms with Crippen LogP contribution < -0.4 is 10.2 Å². The fraction of sp³-hybridized carbons (Fsp3) is 0.304. The molecule has 0 spiro atoms. The minimum absolute atomic E-state index is 0.0169. The van der Waals surface area contributed by atoms with E-state index in [1.807, 2.05) is 0 Å². The summed E-state index contributed by atoms with van der Waals surface area (Å²) in [5.41, 5.74) is -0.453. The van der Waals surface area contributed by atoms with Gasteiger partial charge in [0.25, 0.3) is 0 Å². The Bertz CT molecular complexity index is 1320. The van der Waals surface area contributed by atoms with Crippen molar-refractivity contribution in [2.75, 3.05) is 6.61 Å². The van der Waals surface area contributed by atoms with Crippen LogP contribution in [0.5, 0.6) is 23.0 Å². The van der Waals surface area contributed by atoms with Crippen molar-refractivity contribution in [3.63, 3.8) is 0 Å². The van der Waals surface area contributed by atoms with Crippen LogP contribution in [-0.4, -0.2) is 73.9 Å². The molecule has 1 fully saturated rings. The van der Waals surface area contributed by atoms with Crippen LogP contribution in [0.2, 0.25) is 0 Å². The van der Waals surface area contributed by atoms with Gasteiger partial charge < -0.3 is 49.3 Å². The average Bonchev–Trinajstić information content (AvgIpc) is 2.79. The normalized spacial score (nSPS) is 24.3. The molecular weight excluding hydrogens is 468 g/mol. The fourth-order valence-electron chi connectivity index (χ4n) is 3.62. The van der Waals surface area contributed by atoms with Crippen molar-refractivity contribution < 1.29 is 54.1 Å². The van der Waals surface area contributed by atoms with E-state index >= 15 is 0 Å². The van der Waals surface area contributed by atoms with E-state index < -0.39 is 60.2 Å². The van der Waals surface area contributed by atoms with E-state index in [2.05, 4.69) is 0 Å². The molecule has 3 aromatic rings. The molecule has 1 aliphatic rings. The van der Waals surface area contributed by atoms with Crippen molar-refractivity contribution >= 4 is 16.9 Å². The highest BCUT2D eigenvalue weighted by molar-refractivity contribution is 5.86. The Morgan fingerprint density at radius 3 is 2.37 bits per heavy atom. The highest BCUT2D eigenvalue weighted by Crippen LogP contribution is 2.35. The minimum atomic E-state index is -1.71. The van der Waals surface area contributed by atoms with E-state index in [0.29, 0.717) is 0 Å². The summed E-state index contributed by atoms with van der Waals surface area (Å²) in [6.45, 7) is 0.731. The summed E-state index contributed by atoms with van der Waals surface area (Å²) in [7, 11) is 0. The number of hydrogen-bond donors (Lipinski definition) is 6. The number of phenols is 3. The van der Waals surface area contributed by atoms with Crippen molar-refractivity contribution in [2.24, 2.45) is 0 Å². The monoisotopic (exact) mass is 490 g/mol. The second-order valence-electron chi connectivity index (χ2n) is 7.93. The van der Waals surface area contributed by atoms with Crippen LogP contribution in [0, 0.1) is 0 Å². The largest absolute Gasteiger partial charge is 0.507 e. The number of benzene rings is 2. The highest BCUT2D eigenvalue weighted by atomic mass is 16.7. The van der Waals surface area contributed by atoms with Gasteiger partial charge in [-0.2, -0.15) is 0 Å². The lowest BCUT2D eigenvalue weighted by Crippen LogP contribution is -2.60. The Morgan fingerprint density at radius 1 is 0.943 bits per heavy atom. The summed E-state index contributed by atoms with van der Waals surface area (Å²) in [6, 6.07) is 7.19. The molecule has 5 atom stereocenters. The van der Waals surface area contributed by atoms with Crippen LogP contribution in [-0.2, 0) is 14.3 Å². The molecule has 0 aliphatic carbocycles. The summed E-state index contributed by atoms with van der Waals surface area (Å²) in [5.74, 6) is -2.06. The predicted octanol–water partition coefficient (Wildman–Crippen LogP) is 0.326. The molecule has 4 rings (SSSR count). The number of esters is 1. The van der Waals surface area contributed by atoms with Gasteiger partial charge in [-0.1, -0.05) is 0 Å². The first-order valence-corrected chi connectivity index (χ1v) is 10.4. The van der Waals surface area contributed by atoms with E-state index in [-0.39, 0.29) is 33.8 Å². The molecule has 1 saturated heterocycles. The molecule has 186 valence electrons. The predicted molar refractivity (Wildman–Crippen MR) is 117 cm³/mol. The van der Waals surface area contributed by atoms with Crippen molar-refractivity contribution in [3.05, 3.63) is 46.6 Å². The zero-order valence-electron chi connectivity index (χ0n) is 18.2.